The van der Waals surface area contributed by atoms with Crippen molar-refractivity contribution in [2.75, 3.05) is 19.8 Å². The molecule has 1 aromatic rings. The van der Waals surface area contributed by atoms with E-state index < -0.39 is 32.7 Å². The van der Waals surface area contributed by atoms with E-state index in [0.717, 1.165) is 0 Å². The van der Waals surface area contributed by atoms with Crippen LogP contribution in [0.2, 0.25) is 0 Å². The molecule has 0 N–H and O–H groups in total. The molecule has 0 radical (unpaired) electrons. The zero-order valence-electron chi connectivity index (χ0n) is 14.7. The van der Waals surface area contributed by atoms with Crippen LogP contribution in [0.1, 0.15) is 25.3 Å². The number of benzene rings is 1. The van der Waals surface area contributed by atoms with Crippen molar-refractivity contribution in [1.29, 1.82) is 0 Å². The molecular weight excluding hydrogens is 443 g/mol. The van der Waals surface area contributed by atoms with Gasteiger partial charge in [0.25, 0.3) is 0 Å². The minimum absolute atomic E-state index is 0.0308. The molecule has 0 aromatic heterocycles. The van der Waals surface area contributed by atoms with E-state index in [0.29, 0.717) is 29.7 Å². The van der Waals surface area contributed by atoms with E-state index in [2.05, 4.69) is 15.9 Å². The summed E-state index contributed by atoms with van der Waals surface area (Å²) in [6.07, 6.45) is 1.94. The van der Waals surface area contributed by atoms with Crippen molar-refractivity contribution in [2.45, 2.75) is 36.6 Å². The molecule has 1 saturated heterocycles. The summed E-state index contributed by atoms with van der Waals surface area (Å²) in [7, 11) is -3.76. The summed E-state index contributed by atoms with van der Waals surface area (Å²) in [5.41, 5.74) is 0.455. The Morgan fingerprint density at radius 2 is 2.07 bits per heavy atom. The molecule has 1 aromatic carbocycles. The molecule has 1 fully saturated rings. The third-order valence-corrected chi connectivity index (χ3v) is 7.38. The summed E-state index contributed by atoms with van der Waals surface area (Å²) in [6, 6.07) is 3.83. The lowest BCUT2D eigenvalue weighted by molar-refractivity contribution is -0.143. The fourth-order valence-electron chi connectivity index (χ4n) is 3.32. The van der Waals surface area contributed by atoms with Gasteiger partial charge < -0.3 is 14.2 Å². The Bertz CT molecular complexity index is 861. The Hall–Kier alpha value is -1.29. The average molecular weight is 463 g/mol. The third kappa shape index (κ3) is 4.42. The van der Waals surface area contributed by atoms with Crippen LogP contribution in [0.5, 0.6) is 0 Å². The van der Waals surface area contributed by atoms with Crippen LogP contribution in [-0.2, 0) is 34.6 Å². The molecule has 3 rings (SSSR count). The van der Waals surface area contributed by atoms with Crippen LogP contribution in [-0.4, -0.2) is 45.2 Å². The first-order valence-electron chi connectivity index (χ1n) is 8.59. The largest absolute Gasteiger partial charge is 0.463 e. The minimum Gasteiger partial charge on any atom is -0.463 e. The quantitative estimate of drug-likeness (QED) is 0.625. The number of carbonyl (C=O) groups excluding carboxylic acids is 1. The SMILES string of the molecule is CCOC(=O)C1=CC2(CCC1S(=O)(=O)Cc1ccc(F)cc1Br)OCCO2. The topological polar surface area (TPSA) is 78.9 Å². The molecule has 0 saturated carbocycles. The van der Waals surface area contributed by atoms with Crippen LogP contribution >= 0.6 is 15.9 Å². The second-order valence-electron chi connectivity index (χ2n) is 6.40. The lowest BCUT2D eigenvalue weighted by atomic mass is 9.94. The number of sulfone groups is 1. The number of hydrogen-bond donors (Lipinski definition) is 0. The van der Waals surface area contributed by atoms with Gasteiger partial charge in [-0.2, -0.15) is 0 Å². The number of halogens is 2. The smallest absolute Gasteiger partial charge is 0.335 e. The van der Waals surface area contributed by atoms with Gasteiger partial charge in [-0.25, -0.2) is 17.6 Å². The van der Waals surface area contributed by atoms with Crippen molar-refractivity contribution >= 4 is 31.7 Å². The molecule has 1 spiro atoms. The molecule has 148 valence electrons. The Morgan fingerprint density at radius 3 is 2.70 bits per heavy atom. The van der Waals surface area contributed by atoms with Gasteiger partial charge in [-0.3, -0.25) is 0 Å². The van der Waals surface area contributed by atoms with E-state index in [9.17, 15) is 17.6 Å². The van der Waals surface area contributed by atoms with Crippen LogP contribution in [0.15, 0.2) is 34.3 Å². The first-order chi connectivity index (χ1) is 12.8. The standard InChI is InChI=1S/C18H20BrFO6S/c1-2-24-17(21)14-10-18(25-7-8-26-18)6-5-16(14)27(22,23)11-12-3-4-13(20)9-15(12)19/h3-4,9-10,16H,2,5-8,11H2,1H3. The van der Waals surface area contributed by atoms with Crippen LogP contribution in [0, 0.1) is 5.82 Å². The molecule has 1 aliphatic carbocycles. The highest BCUT2D eigenvalue weighted by Crippen LogP contribution is 2.38. The summed E-state index contributed by atoms with van der Waals surface area (Å²) in [6.45, 7) is 2.54. The molecule has 9 heteroatoms. The van der Waals surface area contributed by atoms with Crippen molar-refractivity contribution < 1.29 is 31.8 Å². The van der Waals surface area contributed by atoms with Crippen LogP contribution in [0.3, 0.4) is 0 Å². The summed E-state index contributed by atoms with van der Waals surface area (Å²) < 4.78 is 56.0. The summed E-state index contributed by atoms with van der Waals surface area (Å²) >= 11 is 3.19. The Morgan fingerprint density at radius 1 is 1.37 bits per heavy atom. The number of rotatable bonds is 5. The molecule has 2 aliphatic rings. The second-order valence-corrected chi connectivity index (χ2v) is 9.44. The van der Waals surface area contributed by atoms with Gasteiger partial charge >= 0.3 is 5.97 Å². The number of ether oxygens (including phenoxy) is 3. The first-order valence-corrected chi connectivity index (χ1v) is 11.1. The van der Waals surface area contributed by atoms with Gasteiger partial charge in [0.15, 0.2) is 15.6 Å². The monoisotopic (exact) mass is 462 g/mol. The van der Waals surface area contributed by atoms with Crippen LogP contribution in [0.4, 0.5) is 4.39 Å². The van der Waals surface area contributed by atoms with Crippen molar-refractivity contribution in [1.82, 2.24) is 0 Å². The van der Waals surface area contributed by atoms with E-state index >= 15 is 0 Å². The molecule has 0 amide bonds. The van der Waals surface area contributed by atoms with E-state index in [1.54, 1.807) is 6.92 Å². The van der Waals surface area contributed by atoms with E-state index in [1.165, 1.54) is 24.3 Å². The van der Waals surface area contributed by atoms with E-state index in [4.69, 9.17) is 14.2 Å². The molecule has 1 unspecified atom stereocenters. The molecule has 6 nitrogen and oxygen atoms in total. The number of esters is 1. The lowest BCUT2D eigenvalue weighted by Crippen LogP contribution is -2.40. The average Bonchev–Trinajstić information content (AvgIpc) is 3.05. The third-order valence-electron chi connectivity index (χ3n) is 4.57. The highest BCUT2D eigenvalue weighted by atomic mass is 79.9. The molecule has 27 heavy (non-hydrogen) atoms. The van der Waals surface area contributed by atoms with Gasteiger partial charge in [0, 0.05) is 10.9 Å². The van der Waals surface area contributed by atoms with E-state index in [1.807, 2.05) is 0 Å². The number of hydrogen-bond acceptors (Lipinski definition) is 6. The maximum atomic E-state index is 13.3. The van der Waals surface area contributed by atoms with Crippen molar-refractivity contribution in [3.63, 3.8) is 0 Å². The van der Waals surface area contributed by atoms with Crippen molar-refractivity contribution in [3.05, 3.63) is 45.7 Å². The lowest BCUT2D eigenvalue weighted by Gasteiger charge is -2.33. The zero-order chi connectivity index (χ0) is 19.7. The maximum Gasteiger partial charge on any atom is 0.335 e. The predicted octanol–water partition coefficient (Wildman–Crippen LogP) is 2.90. The summed E-state index contributed by atoms with van der Waals surface area (Å²) in [5, 5.41) is -1.04. The fraction of sp³-hybridized carbons (Fsp3) is 0.500. The Labute approximate surface area is 165 Å². The van der Waals surface area contributed by atoms with Gasteiger partial charge in [-0.05, 0) is 37.1 Å². The van der Waals surface area contributed by atoms with Crippen LogP contribution in [0.25, 0.3) is 0 Å². The molecule has 1 atom stereocenters. The van der Waals surface area contributed by atoms with E-state index in [-0.39, 0.29) is 24.4 Å². The molecule has 1 aliphatic heterocycles. The maximum absolute atomic E-state index is 13.3. The van der Waals surface area contributed by atoms with Gasteiger partial charge in [0.05, 0.1) is 36.4 Å². The van der Waals surface area contributed by atoms with Gasteiger partial charge in [0.1, 0.15) is 5.82 Å². The molecular formula is C18H20BrFO6S. The minimum atomic E-state index is -3.76. The Kier molecular flexibility index (Phi) is 6.05. The van der Waals surface area contributed by atoms with Crippen molar-refractivity contribution in [2.24, 2.45) is 0 Å². The fourth-order valence-corrected chi connectivity index (χ4v) is 5.91. The van der Waals surface area contributed by atoms with Crippen LogP contribution < -0.4 is 0 Å². The highest BCUT2D eigenvalue weighted by Gasteiger charge is 2.46. The second kappa shape index (κ2) is 7.98. The molecule has 0 bridgehead atoms. The van der Waals surface area contributed by atoms with Gasteiger partial charge in [-0.15, -0.1) is 0 Å². The Balaban J connectivity index is 1.93. The molecule has 1 heterocycles. The predicted molar refractivity (Wildman–Crippen MR) is 99.1 cm³/mol. The normalized spacial score (nSPS) is 21.9. The summed E-state index contributed by atoms with van der Waals surface area (Å²) in [5.74, 6) is -2.55. The highest BCUT2D eigenvalue weighted by molar-refractivity contribution is 9.10. The number of carbonyl (C=O) groups is 1. The van der Waals surface area contributed by atoms with Crippen molar-refractivity contribution in [3.8, 4) is 0 Å². The first kappa shape index (κ1) is 20.4. The van der Waals surface area contributed by atoms with Gasteiger partial charge in [0.2, 0.25) is 0 Å². The van der Waals surface area contributed by atoms with Gasteiger partial charge in [-0.1, -0.05) is 22.0 Å². The summed E-state index contributed by atoms with van der Waals surface area (Å²) in [4.78, 5) is 12.4. The zero-order valence-corrected chi connectivity index (χ0v) is 17.1.